The molecule has 3 aromatic rings. The molecule has 3 rings (SSSR count). The monoisotopic (exact) mass is 347 g/mol. The van der Waals surface area contributed by atoms with E-state index in [0.717, 1.165) is 27.1 Å². The fourth-order valence-corrected chi connectivity index (χ4v) is 2.32. The predicted octanol–water partition coefficient (Wildman–Crippen LogP) is 3.41. The summed E-state index contributed by atoms with van der Waals surface area (Å²) < 4.78 is 11.5. The van der Waals surface area contributed by atoms with E-state index >= 15 is 0 Å². The maximum Gasteiger partial charge on any atom is 0.178 e. The summed E-state index contributed by atoms with van der Waals surface area (Å²) in [5.74, 6) is 1.56. The van der Waals surface area contributed by atoms with Gasteiger partial charge in [0.05, 0.1) is 12.1 Å². The van der Waals surface area contributed by atoms with Gasteiger partial charge in [0.1, 0.15) is 18.2 Å². The Balaban J connectivity index is 1.89. The van der Waals surface area contributed by atoms with Crippen LogP contribution in [0.15, 0.2) is 41.0 Å². The summed E-state index contributed by atoms with van der Waals surface area (Å²) in [6.45, 7) is 1.08. The van der Waals surface area contributed by atoms with Crippen LogP contribution < -0.4 is 4.74 Å². The first-order valence-electron chi connectivity index (χ1n) is 6.50. The largest absolute Gasteiger partial charge is 0.491 e. The lowest BCUT2D eigenvalue weighted by atomic mass is 10.2. The van der Waals surface area contributed by atoms with Crippen LogP contribution in [0, 0.1) is 0 Å². The fourth-order valence-electron chi connectivity index (χ4n) is 1.99. The lowest BCUT2D eigenvalue weighted by molar-refractivity contribution is 0.146. The number of fused-ring (bicyclic) bond motifs is 1. The molecule has 21 heavy (non-hydrogen) atoms. The number of hydrogen-bond acceptors (Lipinski definition) is 4. The van der Waals surface area contributed by atoms with Gasteiger partial charge in [-0.2, -0.15) is 0 Å². The van der Waals surface area contributed by atoms with Crippen molar-refractivity contribution >= 4 is 27.1 Å². The average molecular weight is 348 g/mol. The minimum Gasteiger partial charge on any atom is -0.491 e. The zero-order chi connectivity index (χ0) is 14.7. The van der Waals surface area contributed by atoms with E-state index in [0.29, 0.717) is 18.9 Å². The molecule has 2 heterocycles. The van der Waals surface area contributed by atoms with Gasteiger partial charge in [0, 0.05) is 23.3 Å². The highest BCUT2D eigenvalue weighted by molar-refractivity contribution is 9.10. The highest BCUT2D eigenvalue weighted by Crippen LogP contribution is 2.24. The summed E-state index contributed by atoms with van der Waals surface area (Å²) in [7, 11) is 1.65. The standard InChI is InChI=1S/C15H14BrN3O2/c1-20-5-6-21-12-4-2-3-10(7-12)14-18-13-8-11(16)9-17-15(13)19-14/h2-4,7-9H,5-6H2,1H3,(H,17,18,19). The molecule has 6 heteroatoms. The smallest absolute Gasteiger partial charge is 0.178 e. The van der Waals surface area contributed by atoms with Crippen molar-refractivity contribution in [2.45, 2.75) is 0 Å². The Morgan fingerprint density at radius 2 is 2.14 bits per heavy atom. The third kappa shape index (κ3) is 3.22. The molecule has 5 nitrogen and oxygen atoms in total. The number of ether oxygens (including phenoxy) is 2. The molecule has 0 atom stereocenters. The first-order valence-corrected chi connectivity index (χ1v) is 7.29. The Kier molecular flexibility index (Phi) is 4.17. The van der Waals surface area contributed by atoms with Crippen LogP contribution in [-0.4, -0.2) is 35.3 Å². The molecule has 0 bridgehead atoms. The zero-order valence-corrected chi connectivity index (χ0v) is 13.1. The van der Waals surface area contributed by atoms with Crippen molar-refractivity contribution in [2.24, 2.45) is 0 Å². The summed E-state index contributed by atoms with van der Waals surface area (Å²) in [5.41, 5.74) is 2.54. The Labute approximate surface area is 130 Å². The van der Waals surface area contributed by atoms with Crippen molar-refractivity contribution < 1.29 is 9.47 Å². The van der Waals surface area contributed by atoms with Crippen LogP contribution in [0.25, 0.3) is 22.6 Å². The Morgan fingerprint density at radius 1 is 1.24 bits per heavy atom. The molecule has 0 saturated carbocycles. The topological polar surface area (TPSA) is 60.0 Å². The van der Waals surface area contributed by atoms with Gasteiger partial charge in [-0.25, -0.2) is 9.97 Å². The normalized spacial score (nSPS) is 11.0. The minimum absolute atomic E-state index is 0.522. The number of aromatic nitrogens is 3. The molecule has 0 aliphatic carbocycles. The highest BCUT2D eigenvalue weighted by atomic mass is 79.9. The number of rotatable bonds is 5. The quantitative estimate of drug-likeness (QED) is 0.718. The van der Waals surface area contributed by atoms with Gasteiger partial charge in [-0.3, -0.25) is 0 Å². The molecule has 1 aromatic carbocycles. The van der Waals surface area contributed by atoms with E-state index < -0.39 is 0 Å². The number of imidazole rings is 1. The maximum atomic E-state index is 5.61. The van der Waals surface area contributed by atoms with E-state index in [9.17, 15) is 0 Å². The van der Waals surface area contributed by atoms with Gasteiger partial charge in [-0.15, -0.1) is 0 Å². The Bertz CT molecular complexity index is 758. The van der Waals surface area contributed by atoms with Gasteiger partial charge in [-0.1, -0.05) is 12.1 Å². The van der Waals surface area contributed by atoms with Crippen molar-refractivity contribution in [3.63, 3.8) is 0 Å². The molecular formula is C15H14BrN3O2. The number of halogens is 1. The average Bonchev–Trinajstić information content (AvgIpc) is 2.91. The lowest BCUT2D eigenvalue weighted by Crippen LogP contribution is -2.04. The third-order valence-corrected chi connectivity index (χ3v) is 3.40. The fraction of sp³-hybridized carbons (Fsp3) is 0.200. The molecule has 2 aromatic heterocycles. The molecular weight excluding hydrogens is 334 g/mol. The Hall–Kier alpha value is -1.92. The van der Waals surface area contributed by atoms with E-state index in [1.807, 2.05) is 30.3 Å². The van der Waals surface area contributed by atoms with Crippen molar-refractivity contribution in [1.29, 1.82) is 0 Å². The highest BCUT2D eigenvalue weighted by Gasteiger charge is 2.07. The van der Waals surface area contributed by atoms with Gasteiger partial charge >= 0.3 is 0 Å². The summed E-state index contributed by atoms with van der Waals surface area (Å²) in [6, 6.07) is 9.74. The second kappa shape index (κ2) is 6.24. The number of aromatic amines is 1. The molecule has 0 aliphatic heterocycles. The molecule has 0 spiro atoms. The van der Waals surface area contributed by atoms with Crippen molar-refractivity contribution in [3.05, 3.63) is 41.0 Å². The molecule has 0 unspecified atom stereocenters. The van der Waals surface area contributed by atoms with Crippen LogP contribution in [-0.2, 0) is 4.74 Å². The van der Waals surface area contributed by atoms with Gasteiger partial charge in [-0.05, 0) is 34.1 Å². The van der Waals surface area contributed by atoms with Crippen LogP contribution in [0.4, 0.5) is 0 Å². The van der Waals surface area contributed by atoms with Gasteiger partial charge < -0.3 is 14.5 Å². The number of pyridine rings is 1. The third-order valence-electron chi connectivity index (χ3n) is 2.97. The van der Waals surface area contributed by atoms with Crippen molar-refractivity contribution in [1.82, 2.24) is 15.0 Å². The van der Waals surface area contributed by atoms with Crippen molar-refractivity contribution in [3.8, 4) is 17.1 Å². The minimum atomic E-state index is 0.522. The SMILES string of the molecule is COCCOc1cccc(-c2nc3ncc(Br)cc3[nH]2)c1. The van der Waals surface area contributed by atoms with E-state index in [1.165, 1.54) is 0 Å². The van der Waals surface area contributed by atoms with Crippen LogP contribution in [0.5, 0.6) is 5.75 Å². The van der Waals surface area contributed by atoms with E-state index in [1.54, 1.807) is 13.3 Å². The molecule has 0 saturated heterocycles. The van der Waals surface area contributed by atoms with E-state index in [4.69, 9.17) is 9.47 Å². The van der Waals surface area contributed by atoms with Gasteiger partial charge in [0.15, 0.2) is 5.65 Å². The molecule has 0 fully saturated rings. The number of benzene rings is 1. The number of H-pyrrole nitrogens is 1. The molecule has 0 amide bonds. The van der Waals surface area contributed by atoms with Gasteiger partial charge in [0.25, 0.3) is 0 Å². The molecule has 0 aliphatic rings. The summed E-state index contributed by atoms with van der Waals surface area (Å²) in [6.07, 6.45) is 1.73. The number of methoxy groups -OCH3 is 1. The van der Waals surface area contributed by atoms with Crippen LogP contribution >= 0.6 is 15.9 Å². The lowest BCUT2D eigenvalue weighted by Gasteiger charge is -2.06. The first-order chi connectivity index (χ1) is 10.3. The zero-order valence-electron chi connectivity index (χ0n) is 11.5. The van der Waals surface area contributed by atoms with Gasteiger partial charge in [0.2, 0.25) is 0 Å². The van der Waals surface area contributed by atoms with Crippen LogP contribution in [0.3, 0.4) is 0 Å². The number of hydrogen-bond donors (Lipinski definition) is 1. The van der Waals surface area contributed by atoms with E-state index in [2.05, 4.69) is 30.9 Å². The number of nitrogens with one attached hydrogen (secondary N) is 1. The first kappa shape index (κ1) is 14.0. The van der Waals surface area contributed by atoms with Crippen LogP contribution in [0.1, 0.15) is 0 Å². The Morgan fingerprint density at radius 3 is 3.00 bits per heavy atom. The van der Waals surface area contributed by atoms with Crippen LogP contribution in [0.2, 0.25) is 0 Å². The summed E-state index contributed by atoms with van der Waals surface area (Å²) in [4.78, 5) is 12.0. The second-order valence-corrected chi connectivity index (χ2v) is 5.39. The predicted molar refractivity (Wildman–Crippen MR) is 84.4 cm³/mol. The molecule has 108 valence electrons. The maximum absolute atomic E-state index is 5.61. The summed E-state index contributed by atoms with van der Waals surface area (Å²) >= 11 is 3.40. The molecule has 0 radical (unpaired) electrons. The second-order valence-electron chi connectivity index (χ2n) is 4.48. The molecule has 1 N–H and O–H groups in total. The van der Waals surface area contributed by atoms with Crippen molar-refractivity contribution in [2.75, 3.05) is 20.3 Å². The summed E-state index contributed by atoms with van der Waals surface area (Å²) in [5, 5.41) is 0. The van der Waals surface area contributed by atoms with E-state index in [-0.39, 0.29) is 0 Å². The number of nitrogens with zero attached hydrogens (tertiary/aromatic N) is 2.